The maximum atomic E-state index is 12.5. The molecule has 2 aromatic rings. The Morgan fingerprint density at radius 3 is 2.79 bits per heavy atom. The number of benzene rings is 1. The summed E-state index contributed by atoms with van der Waals surface area (Å²) in [7, 11) is 0. The van der Waals surface area contributed by atoms with E-state index >= 15 is 0 Å². The second-order valence-electron chi connectivity index (χ2n) is 4.50. The third-order valence-electron chi connectivity index (χ3n) is 3.30. The highest BCUT2D eigenvalue weighted by molar-refractivity contribution is 9.10. The van der Waals surface area contributed by atoms with Crippen molar-refractivity contribution in [2.24, 2.45) is 0 Å². The number of carbonyl (C=O) groups excluding carboxylic acids is 1. The fraction of sp³-hybridized carbons (Fsp3) is 0.308. The highest BCUT2D eigenvalue weighted by Gasteiger charge is 2.23. The number of carbonyl (C=O) groups is 1. The maximum Gasteiger partial charge on any atom is 0.266 e. The third-order valence-corrected chi connectivity index (χ3v) is 5.12. The summed E-state index contributed by atoms with van der Waals surface area (Å²) >= 11 is 4.97. The van der Waals surface area contributed by atoms with Crippen LogP contribution in [0.15, 0.2) is 22.7 Å². The summed E-state index contributed by atoms with van der Waals surface area (Å²) in [6.45, 7) is 3.18. The number of nitrogens with two attached hydrogens (primary N) is 1. The minimum absolute atomic E-state index is 0.0482. The van der Waals surface area contributed by atoms with E-state index in [1.165, 1.54) is 11.3 Å². The number of nitrogens with one attached hydrogen (secondary N) is 1. The molecule has 6 heteroatoms. The van der Waals surface area contributed by atoms with Crippen LogP contribution in [0.1, 0.15) is 9.67 Å². The first-order valence-corrected chi connectivity index (χ1v) is 7.76. The van der Waals surface area contributed by atoms with Crippen LogP contribution >= 0.6 is 27.3 Å². The largest absolute Gasteiger partial charge is 0.397 e. The molecule has 3 rings (SSSR count). The van der Waals surface area contributed by atoms with Gasteiger partial charge in [-0.25, -0.2) is 0 Å². The topological polar surface area (TPSA) is 58.4 Å². The molecule has 0 spiro atoms. The monoisotopic (exact) mass is 339 g/mol. The molecule has 19 heavy (non-hydrogen) atoms. The van der Waals surface area contributed by atoms with Crippen LogP contribution in [0.3, 0.4) is 0 Å². The molecule has 0 unspecified atom stereocenters. The number of nitrogen functional groups attached to an aromatic ring is 1. The van der Waals surface area contributed by atoms with E-state index in [1.54, 1.807) is 0 Å². The van der Waals surface area contributed by atoms with Gasteiger partial charge in [-0.1, -0.05) is 22.0 Å². The SMILES string of the molecule is Nc1c(C(=O)N2CCNCC2)sc2cccc(Br)c12. The first-order chi connectivity index (χ1) is 9.18. The Bertz CT molecular complexity index is 634. The second-order valence-corrected chi connectivity index (χ2v) is 6.41. The maximum absolute atomic E-state index is 12.5. The van der Waals surface area contributed by atoms with Gasteiger partial charge in [0.25, 0.3) is 5.91 Å². The van der Waals surface area contributed by atoms with Gasteiger partial charge in [-0.05, 0) is 12.1 Å². The molecule has 4 nitrogen and oxygen atoms in total. The van der Waals surface area contributed by atoms with Crippen LogP contribution in [-0.4, -0.2) is 37.0 Å². The Morgan fingerprint density at radius 1 is 1.37 bits per heavy atom. The van der Waals surface area contributed by atoms with Crippen molar-refractivity contribution in [3.63, 3.8) is 0 Å². The lowest BCUT2D eigenvalue weighted by molar-refractivity contribution is 0.0741. The first kappa shape index (κ1) is 12.9. The standard InChI is InChI=1S/C13H14BrN3OS/c14-8-2-1-3-9-10(8)11(15)12(19-9)13(18)17-6-4-16-5-7-17/h1-3,16H,4-7,15H2. The Morgan fingerprint density at radius 2 is 2.11 bits per heavy atom. The molecule has 1 aromatic heterocycles. The molecule has 0 radical (unpaired) electrons. The van der Waals surface area contributed by atoms with Gasteiger partial charge in [-0.3, -0.25) is 4.79 Å². The van der Waals surface area contributed by atoms with Gasteiger partial charge in [0.2, 0.25) is 0 Å². The number of hydrogen-bond acceptors (Lipinski definition) is 4. The number of amides is 1. The quantitative estimate of drug-likeness (QED) is 0.838. The number of piperazine rings is 1. The fourth-order valence-electron chi connectivity index (χ4n) is 2.30. The highest BCUT2D eigenvalue weighted by Crippen LogP contribution is 2.38. The number of anilines is 1. The summed E-state index contributed by atoms with van der Waals surface area (Å²) < 4.78 is 1.99. The van der Waals surface area contributed by atoms with E-state index in [1.807, 2.05) is 23.1 Å². The molecule has 1 aliphatic heterocycles. The second kappa shape index (κ2) is 5.11. The van der Waals surface area contributed by atoms with Crippen molar-refractivity contribution in [1.82, 2.24) is 10.2 Å². The number of thiophene rings is 1. The van der Waals surface area contributed by atoms with Crippen LogP contribution in [0.25, 0.3) is 10.1 Å². The van der Waals surface area contributed by atoms with Gasteiger partial charge in [-0.15, -0.1) is 11.3 Å². The number of hydrogen-bond donors (Lipinski definition) is 2. The molecule has 1 amide bonds. The average molecular weight is 340 g/mol. The number of nitrogens with zero attached hydrogens (tertiary/aromatic N) is 1. The van der Waals surface area contributed by atoms with E-state index in [0.29, 0.717) is 10.6 Å². The van der Waals surface area contributed by atoms with Crippen LogP contribution in [0, 0.1) is 0 Å². The van der Waals surface area contributed by atoms with E-state index in [2.05, 4.69) is 21.2 Å². The Hall–Kier alpha value is -1.11. The molecule has 2 heterocycles. The summed E-state index contributed by atoms with van der Waals surface area (Å²) in [6.07, 6.45) is 0. The zero-order valence-corrected chi connectivity index (χ0v) is 12.7. The normalized spacial score (nSPS) is 15.9. The van der Waals surface area contributed by atoms with Crippen molar-refractivity contribution >= 4 is 48.9 Å². The molecule has 0 bridgehead atoms. The average Bonchev–Trinajstić information content (AvgIpc) is 2.78. The van der Waals surface area contributed by atoms with Crippen molar-refractivity contribution in [3.05, 3.63) is 27.5 Å². The number of halogens is 1. The Kier molecular flexibility index (Phi) is 3.47. The van der Waals surface area contributed by atoms with Crippen LogP contribution in [0.5, 0.6) is 0 Å². The van der Waals surface area contributed by atoms with Gasteiger partial charge in [0, 0.05) is 40.7 Å². The zero-order chi connectivity index (χ0) is 13.4. The third kappa shape index (κ3) is 2.24. The van der Waals surface area contributed by atoms with Gasteiger partial charge in [-0.2, -0.15) is 0 Å². The smallest absolute Gasteiger partial charge is 0.266 e. The van der Waals surface area contributed by atoms with Crippen molar-refractivity contribution in [1.29, 1.82) is 0 Å². The minimum Gasteiger partial charge on any atom is -0.397 e. The zero-order valence-electron chi connectivity index (χ0n) is 10.3. The molecule has 3 N–H and O–H groups in total. The summed E-state index contributed by atoms with van der Waals surface area (Å²) in [4.78, 5) is 15.0. The molecule has 1 fully saturated rings. The predicted octanol–water partition coefficient (Wildman–Crippen LogP) is 2.29. The van der Waals surface area contributed by atoms with Gasteiger partial charge in [0.15, 0.2) is 0 Å². The summed E-state index contributed by atoms with van der Waals surface area (Å²) in [6, 6.07) is 5.90. The fourth-order valence-corrected chi connectivity index (χ4v) is 4.13. The molecule has 0 saturated carbocycles. The molecular weight excluding hydrogens is 326 g/mol. The van der Waals surface area contributed by atoms with Crippen LogP contribution < -0.4 is 11.1 Å². The van der Waals surface area contributed by atoms with Crippen molar-refractivity contribution in [2.75, 3.05) is 31.9 Å². The van der Waals surface area contributed by atoms with Crippen molar-refractivity contribution < 1.29 is 4.79 Å². The van der Waals surface area contributed by atoms with E-state index in [4.69, 9.17) is 5.73 Å². The van der Waals surface area contributed by atoms with Crippen LogP contribution in [0.4, 0.5) is 5.69 Å². The molecule has 1 aromatic carbocycles. The lowest BCUT2D eigenvalue weighted by Gasteiger charge is -2.27. The van der Waals surface area contributed by atoms with Crippen LogP contribution in [0.2, 0.25) is 0 Å². The first-order valence-electron chi connectivity index (χ1n) is 6.15. The summed E-state index contributed by atoms with van der Waals surface area (Å²) in [5.74, 6) is 0.0482. The van der Waals surface area contributed by atoms with Gasteiger partial charge in [0.05, 0.1) is 5.69 Å². The lowest BCUT2D eigenvalue weighted by atomic mass is 10.2. The highest BCUT2D eigenvalue weighted by atomic mass is 79.9. The number of fused-ring (bicyclic) bond motifs is 1. The van der Waals surface area contributed by atoms with Gasteiger partial charge >= 0.3 is 0 Å². The van der Waals surface area contributed by atoms with Crippen molar-refractivity contribution in [3.8, 4) is 0 Å². The Balaban J connectivity index is 2.03. The van der Waals surface area contributed by atoms with E-state index in [9.17, 15) is 4.79 Å². The molecule has 100 valence electrons. The van der Waals surface area contributed by atoms with E-state index < -0.39 is 0 Å². The molecule has 1 saturated heterocycles. The summed E-state index contributed by atoms with van der Waals surface area (Å²) in [5.41, 5.74) is 6.76. The molecular formula is C13H14BrN3OS. The van der Waals surface area contributed by atoms with E-state index in [0.717, 1.165) is 40.7 Å². The van der Waals surface area contributed by atoms with E-state index in [-0.39, 0.29) is 5.91 Å². The predicted molar refractivity (Wildman–Crippen MR) is 82.7 cm³/mol. The minimum atomic E-state index is 0.0482. The van der Waals surface area contributed by atoms with Crippen LogP contribution in [-0.2, 0) is 0 Å². The number of rotatable bonds is 1. The summed E-state index contributed by atoms with van der Waals surface area (Å²) in [5, 5.41) is 4.19. The lowest BCUT2D eigenvalue weighted by Crippen LogP contribution is -2.46. The molecule has 0 atom stereocenters. The Labute approximate surface area is 123 Å². The van der Waals surface area contributed by atoms with Gasteiger partial charge in [0.1, 0.15) is 4.88 Å². The van der Waals surface area contributed by atoms with Gasteiger partial charge < -0.3 is 16.0 Å². The van der Waals surface area contributed by atoms with Crippen molar-refractivity contribution in [2.45, 2.75) is 0 Å². The molecule has 0 aliphatic carbocycles. The molecule has 1 aliphatic rings.